The first kappa shape index (κ1) is 23.5. The molecule has 1 amide bonds. The number of ether oxygens (including phenoxy) is 1. The Kier molecular flexibility index (Phi) is 6.22. The zero-order chi connectivity index (χ0) is 25.2. The van der Waals surface area contributed by atoms with Crippen molar-refractivity contribution in [3.05, 3.63) is 48.7 Å². The van der Waals surface area contributed by atoms with Crippen LogP contribution in [0.1, 0.15) is 10.4 Å². The molecule has 0 aliphatic heterocycles. The number of nitrogens with two attached hydrogens (primary N) is 1. The van der Waals surface area contributed by atoms with Crippen molar-refractivity contribution in [2.75, 3.05) is 17.7 Å². The highest BCUT2D eigenvalue weighted by molar-refractivity contribution is 5.98. The van der Waals surface area contributed by atoms with E-state index in [0.29, 0.717) is 22.8 Å². The fraction of sp³-hybridized carbons (Fsp3) is 0.200. The third-order valence-corrected chi connectivity index (χ3v) is 4.60. The van der Waals surface area contributed by atoms with Crippen LogP contribution in [0.25, 0.3) is 11.4 Å². The molecule has 0 bridgehead atoms. The van der Waals surface area contributed by atoms with Crippen molar-refractivity contribution in [1.29, 1.82) is 0 Å². The van der Waals surface area contributed by atoms with Crippen LogP contribution in [-0.2, 0) is 13.6 Å². The van der Waals surface area contributed by atoms with E-state index in [9.17, 15) is 18.0 Å². The number of hydrogen-bond acceptors (Lipinski definition) is 9. The van der Waals surface area contributed by atoms with Gasteiger partial charge in [-0.1, -0.05) is 6.07 Å². The standard InChI is InChI=1S/C20H19F3N10O2/c1-32-10-26-17(31-32)12-4-3-5-14(15(12)35-2)29-18-13(16(24)34)7-25-19(30-18)28-11-6-27-33(8-11)9-20(21,22)23/h3-8,10H,9H2,1-2H3,(H2,24,34)(H2,25,28,29,30). The first-order valence-electron chi connectivity index (χ1n) is 9.96. The van der Waals surface area contributed by atoms with E-state index in [4.69, 9.17) is 10.5 Å². The zero-order valence-electron chi connectivity index (χ0n) is 18.4. The van der Waals surface area contributed by atoms with E-state index in [0.717, 1.165) is 10.9 Å². The lowest BCUT2D eigenvalue weighted by Gasteiger charge is -2.15. The molecule has 0 saturated carbocycles. The van der Waals surface area contributed by atoms with E-state index < -0.39 is 18.6 Å². The number of primary amides is 1. The van der Waals surface area contributed by atoms with Gasteiger partial charge in [-0.2, -0.15) is 28.4 Å². The average Bonchev–Trinajstić information content (AvgIpc) is 3.41. The van der Waals surface area contributed by atoms with Crippen molar-refractivity contribution in [2.24, 2.45) is 12.8 Å². The molecule has 35 heavy (non-hydrogen) atoms. The molecule has 4 N–H and O–H groups in total. The fourth-order valence-electron chi connectivity index (χ4n) is 3.17. The summed E-state index contributed by atoms with van der Waals surface area (Å²) < 4.78 is 45.6. The number of aryl methyl sites for hydroxylation is 1. The smallest absolute Gasteiger partial charge is 0.408 e. The number of carbonyl (C=O) groups excluding carboxylic acids is 1. The Morgan fingerprint density at radius 3 is 2.66 bits per heavy atom. The van der Waals surface area contributed by atoms with Crippen molar-refractivity contribution in [3.8, 4) is 17.1 Å². The van der Waals surface area contributed by atoms with Crippen molar-refractivity contribution in [3.63, 3.8) is 0 Å². The monoisotopic (exact) mass is 488 g/mol. The maximum Gasteiger partial charge on any atom is 0.408 e. The van der Waals surface area contributed by atoms with Gasteiger partial charge in [0.2, 0.25) is 5.95 Å². The molecule has 15 heteroatoms. The number of anilines is 4. The van der Waals surface area contributed by atoms with E-state index in [-0.39, 0.29) is 23.0 Å². The van der Waals surface area contributed by atoms with Crippen LogP contribution in [0.15, 0.2) is 43.1 Å². The van der Waals surface area contributed by atoms with Gasteiger partial charge in [0, 0.05) is 19.4 Å². The molecule has 0 radical (unpaired) electrons. The average molecular weight is 488 g/mol. The lowest BCUT2D eigenvalue weighted by molar-refractivity contribution is -0.142. The van der Waals surface area contributed by atoms with Crippen molar-refractivity contribution < 1.29 is 22.7 Å². The molecular weight excluding hydrogens is 469 g/mol. The number of nitrogens with zero attached hydrogens (tertiary/aromatic N) is 7. The van der Waals surface area contributed by atoms with Gasteiger partial charge >= 0.3 is 6.18 Å². The Labute approximate surface area is 196 Å². The molecule has 1 aromatic carbocycles. The molecule has 0 fully saturated rings. The Bertz CT molecular complexity index is 1370. The molecule has 3 heterocycles. The van der Waals surface area contributed by atoms with Crippen LogP contribution in [0.4, 0.5) is 36.3 Å². The van der Waals surface area contributed by atoms with Gasteiger partial charge in [0.25, 0.3) is 5.91 Å². The second-order valence-corrected chi connectivity index (χ2v) is 7.24. The van der Waals surface area contributed by atoms with Gasteiger partial charge in [0.05, 0.1) is 30.2 Å². The SMILES string of the molecule is COc1c(Nc2nc(Nc3cnn(CC(F)(F)F)c3)ncc2C(N)=O)cccc1-c1ncn(C)n1. The third kappa shape index (κ3) is 5.45. The molecule has 0 aliphatic rings. The summed E-state index contributed by atoms with van der Waals surface area (Å²) >= 11 is 0. The summed E-state index contributed by atoms with van der Waals surface area (Å²) in [4.78, 5) is 24.5. The summed E-state index contributed by atoms with van der Waals surface area (Å²) in [6.45, 7) is -1.25. The number of methoxy groups -OCH3 is 1. The molecule has 4 rings (SSSR count). The predicted octanol–water partition coefficient (Wildman–Crippen LogP) is 2.63. The molecule has 0 atom stereocenters. The van der Waals surface area contributed by atoms with Gasteiger partial charge in [-0.05, 0) is 12.1 Å². The highest BCUT2D eigenvalue weighted by Gasteiger charge is 2.28. The van der Waals surface area contributed by atoms with Gasteiger partial charge in [0.1, 0.15) is 24.3 Å². The molecule has 12 nitrogen and oxygen atoms in total. The molecule has 0 spiro atoms. The van der Waals surface area contributed by atoms with Gasteiger partial charge in [-0.3, -0.25) is 14.2 Å². The van der Waals surface area contributed by atoms with Gasteiger partial charge in [0.15, 0.2) is 11.6 Å². The zero-order valence-corrected chi connectivity index (χ0v) is 18.4. The normalized spacial score (nSPS) is 11.3. The fourth-order valence-corrected chi connectivity index (χ4v) is 3.17. The lowest BCUT2D eigenvalue weighted by atomic mass is 10.1. The molecule has 3 aromatic heterocycles. The Hall–Kier alpha value is -4.69. The second-order valence-electron chi connectivity index (χ2n) is 7.24. The van der Waals surface area contributed by atoms with Gasteiger partial charge < -0.3 is 21.1 Å². The number of carbonyl (C=O) groups is 1. The second kappa shape index (κ2) is 9.28. The van der Waals surface area contributed by atoms with Crippen molar-refractivity contribution >= 4 is 29.0 Å². The summed E-state index contributed by atoms with van der Waals surface area (Å²) in [5.41, 5.74) is 6.69. The number of halogens is 3. The quantitative estimate of drug-likeness (QED) is 0.340. The van der Waals surface area contributed by atoms with Crippen molar-refractivity contribution in [2.45, 2.75) is 12.7 Å². The predicted molar refractivity (Wildman–Crippen MR) is 118 cm³/mol. The third-order valence-electron chi connectivity index (χ3n) is 4.60. The molecule has 0 unspecified atom stereocenters. The summed E-state index contributed by atoms with van der Waals surface area (Å²) in [6.07, 6.45) is 0.656. The molecular formula is C20H19F3N10O2. The summed E-state index contributed by atoms with van der Waals surface area (Å²) in [6, 6.07) is 5.18. The summed E-state index contributed by atoms with van der Waals surface area (Å²) in [5, 5.41) is 13.7. The van der Waals surface area contributed by atoms with E-state index in [1.165, 1.54) is 19.5 Å². The first-order valence-corrected chi connectivity index (χ1v) is 9.96. The van der Waals surface area contributed by atoms with Crippen LogP contribution >= 0.6 is 0 Å². The number of nitrogens with one attached hydrogen (secondary N) is 2. The topological polar surface area (TPSA) is 151 Å². The maximum atomic E-state index is 12.6. The van der Waals surface area contributed by atoms with Crippen LogP contribution in [0.3, 0.4) is 0 Å². The number of para-hydroxylation sites is 1. The van der Waals surface area contributed by atoms with E-state index >= 15 is 0 Å². The minimum atomic E-state index is -4.42. The number of hydrogen-bond donors (Lipinski definition) is 3. The van der Waals surface area contributed by atoms with Crippen LogP contribution in [0, 0.1) is 0 Å². The maximum absolute atomic E-state index is 12.6. The molecule has 0 saturated heterocycles. The number of amides is 1. The first-order chi connectivity index (χ1) is 16.6. The van der Waals surface area contributed by atoms with Crippen LogP contribution in [0.5, 0.6) is 5.75 Å². The van der Waals surface area contributed by atoms with E-state index in [1.807, 2.05) is 0 Å². The molecule has 182 valence electrons. The Balaban J connectivity index is 1.65. The molecule has 4 aromatic rings. The number of benzene rings is 1. The molecule has 0 aliphatic carbocycles. The van der Waals surface area contributed by atoms with Crippen LogP contribution in [0.2, 0.25) is 0 Å². The van der Waals surface area contributed by atoms with Crippen molar-refractivity contribution in [1.82, 2.24) is 34.5 Å². The highest BCUT2D eigenvalue weighted by atomic mass is 19.4. The van der Waals surface area contributed by atoms with Gasteiger partial charge in [-0.25, -0.2) is 9.97 Å². The highest BCUT2D eigenvalue weighted by Crippen LogP contribution is 2.36. The van der Waals surface area contributed by atoms with Crippen LogP contribution < -0.4 is 21.1 Å². The van der Waals surface area contributed by atoms with Crippen LogP contribution in [-0.4, -0.2) is 53.7 Å². The summed E-state index contributed by atoms with van der Waals surface area (Å²) in [7, 11) is 3.19. The minimum Gasteiger partial charge on any atom is -0.494 e. The largest absolute Gasteiger partial charge is 0.494 e. The number of alkyl halides is 3. The Morgan fingerprint density at radius 1 is 1.20 bits per heavy atom. The lowest BCUT2D eigenvalue weighted by Crippen LogP contribution is -2.17. The number of aromatic nitrogens is 7. The van der Waals surface area contributed by atoms with E-state index in [1.54, 1.807) is 36.3 Å². The minimum absolute atomic E-state index is 0.00873. The van der Waals surface area contributed by atoms with Gasteiger partial charge in [-0.15, -0.1) is 0 Å². The Morgan fingerprint density at radius 2 is 2.00 bits per heavy atom. The summed E-state index contributed by atoms with van der Waals surface area (Å²) in [5.74, 6) is 0.0472. The number of rotatable bonds is 8. The van der Waals surface area contributed by atoms with E-state index in [2.05, 4.69) is 35.8 Å².